The lowest BCUT2D eigenvalue weighted by molar-refractivity contribution is -0.0351. The van der Waals surface area contributed by atoms with E-state index >= 15 is 0 Å². The zero-order chi connectivity index (χ0) is 10.9. The van der Waals surface area contributed by atoms with E-state index in [1.165, 1.54) is 0 Å². The molecule has 0 radical (unpaired) electrons. The molecule has 0 atom stereocenters. The van der Waals surface area contributed by atoms with Crippen LogP contribution in [-0.4, -0.2) is 25.4 Å². The van der Waals surface area contributed by atoms with Crippen LogP contribution in [0.5, 0.6) is 0 Å². The molecule has 0 aromatic heterocycles. The predicted octanol–water partition coefficient (Wildman–Crippen LogP) is 2.51. The highest BCUT2D eigenvalue weighted by Crippen LogP contribution is 2.05. The molecule has 0 aromatic rings. The molecule has 0 heterocycles. The molecule has 3 heteroatoms. The highest BCUT2D eigenvalue weighted by Gasteiger charge is 2.08. The molecule has 0 saturated carbocycles. The van der Waals surface area contributed by atoms with E-state index in [4.69, 9.17) is 14.7 Å². The fourth-order valence-electron chi connectivity index (χ4n) is 0.917. The number of rotatable bonds is 7. The first-order chi connectivity index (χ1) is 6.56. The molecule has 0 rings (SSSR count). The van der Waals surface area contributed by atoms with Crippen LogP contribution in [0.2, 0.25) is 0 Å². The average molecular weight is 199 g/mol. The Bertz CT molecular complexity index is 167. The molecule has 0 fully saturated rings. The van der Waals surface area contributed by atoms with E-state index in [0.29, 0.717) is 19.6 Å². The largest absolute Gasteiger partial charge is 0.379 e. The fourth-order valence-corrected chi connectivity index (χ4v) is 0.917. The zero-order valence-corrected chi connectivity index (χ0v) is 9.51. The van der Waals surface area contributed by atoms with E-state index in [1.807, 2.05) is 20.8 Å². The second-order valence-electron chi connectivity index (χ2n) is 4.19. The molecule has 14 heavy (non-hydrogen) atoms. The molecule has 0 aliphatic carbocycles. The van der Waals surface area contributed by atoms with Crippen LogP contribution in [0.1, 0.15) is 40.0 Å². The van der Waals surface area contributed by atoms with E-state index in [2.05, 4.69) is 6.07 Å². The predicted molar refractivity (Wildman–Crippen MR) is 56.0 cm³/mol. The number of hydrogen-bond donors (Lipinski definition) is 0. The number of nitriles is 1. The van der Waals surface area contributed by atoms with Crippen LogP contribution < -0.4 is 0 Å². The Morgan fingerprint density at radius 1 is 1.07 bits per heavy atom. The van der Waals surface area contributed by atoms with Gasteiger partial charge < -0.3 is 9.47 Å². The molecule has 0 aromatic carbocycles. The van der Waals surface area contributed by atoms with Crippen molar-refractivity contribution in [1.29, 1.82) is 5.26 Å². The minimum absolute atomic E-state index is 0.0792. The molecule has 3 nitrogen and oxygen atoms in total. The van der Waals surface area contributed by atoms with E-state index in [-0.39, 0.29) is 5.60 Å². The van der Waals surface area contributed by atoms with Crippen molar-refractivity contribution in [2.75, 3.05) is 19.8 Å². The van der Waals surface area contributed by atoms with Gasteiger partial charge in [-0.3, -0.25) is 0 Å². The summed E-state index contributed by atoms with van der Waals surface area (Å²) in [5, 5.41) is 8.29. The maximum absolute atomic E-state index is 8.29. The Morgan fingerprint density at radius 3 is 2.36 bits per heavy atom. The number of ether oxygens (including phenoxy) is 2. The lowest BCUT2D eigenvalue weighted by Gasteiger charge is -2.19. The van der Waals surface area contributed by atoms with Crippen LogP contribution >= 0.6 is 0 Å². The first kappa shape index (κ1) is 13.4. The Kier molecular flexibility index (Phi) is 7.45. The van der Waals surface area contributed by atoms with Crippen molar-refractivity contribution in [2.24, 2.45) is 0 Å². The lowest BCUT2D eigenvalue weighted by Crippen LogP contribution is -2.21. The number of unbranched alkanes of at least 4 members (excludes halogenated alkanes) is 2. The van der Waals surface area contributed by atoms with Crippen molar-refractivity contribution >= 4 is 0 Å². The van der Waals surface area contributed by atoms with Gasteiger partial charge in [0.25, 0.3) is 0 Å². The summed E-state index contributed by atoms with van der Waals surface area (Å²) in [7, 11) is 0. The normalized spacial score (nSPS) is 11.3. The smallest absolute Gasteiger partial charge is 0.0707 e. The molecule has 0 N–H and O–H groups in total. The molecule has 0 aliphatic heterocycles. The topological polar surface area (TPSA) is 42.2 Å². The molecular weight excluding hydrogens is 178 g/mol. The average Bonchev–Trinajstić information content (AvgIpc) is 2.08. The third-order valence-electron chi connectivity index (χ3n) is 1.59. The van der Waals surface area contributed by atoms with E-state index in [1.54, 1.807) is 0 Å². The van der Waals surface area contributed by atoms with Gasteiger partial charge in [0.05, 0.1) is 24.9 Å². The first-order valence-corrected chi connectivity index (χ1v) is 5.15. The lowest BCUT2D eigenvalue weighted by atomic mass is 10.2. The van der Waals surface area contributed by atoms with Crippen LogP contribution in [0.25, 0.3) is 0 Å². The van der Waals surface area contributed by atoms with E-state index < -0.39 is 0 Å². The molecular formula is C11H21NO2. The van der Waals surface area contributed by atoms with Crippen LogP contribution in [-0.2, 0) is 9.47 Å². The molecule has 0 aliphatic rings. The van der Waals surface area contributed by atoms with Crippen LogP contribution in [0.4, 0.5) is 0 Å². The summed E-state index contributed by atoms with van der Waals surface area (Å²) in [5.41, 5.74) is -0.0792. The van der Waals surface area contributed by atoms with Crippen molar-refractivity contribution in [3.05, 3.63) is 0 Å². The highest BCUT2D eigenvalue weighted by molar-refractivity contribution is 4.67. The van der Waals surface area contributed by atoms with Gasteiger partial charge in [-0.25, -0.2) is 0 Å². The second kappa shape index (κ2) is 7.78. The van der Waals surface area contributed by atoms with Crippen molar-refractivity contribution in [2.45, 2.75) is 45.6 Å². The van der Waals surface area contributed by atoms with Gasteiger partial charge in [0.15, 0.2) is 0 Å². The fraction of sp³-hybridized carbons (Fsp3) is 0.909. The van der Waals surface area contributed by atoms with Crippen molar-refractivity contribution < 1.29 is 9.47 Å². The van der Waals surface area contributed by atoms with Gasteiger partial charge in [-0.05, 0) is 33.6 Å². The van der Waals surface area contributed by atoms with Gasteiger partial charge in [0, 0.05) is 13.0 Å². The third-order valence-corrected chi connectivity index (χ3v) is 1.59. The van der Waals surface area contributed by atoms with Gasteiger partial charge in [0.2, 0.25) is 0 Å². The summed E-state index contributed by atoms with van der Waals surface area (Å²) < 4.78 is 10.8. The minimum Gasteiger partial charge on any atom is -0.379 e. The summed E-state index contributed by atoms with van der Waals surface area (Å²) >= 11 is 0. The van der Waals surface area contributed by atoms with Gasteiger partial charge in [-0.1, -0.05) is 0 Å². The standard InChI is InChI=1S/C11H21NO2/c1-11(2,3)14-10-9-13-8-6-4-5-7-12/h4-6,8-10H2,1-3H3. The quantitative estimate of drug-likeness (QED) is 0.592. The van der Waals surface area contributed by atoms with Crippen molar-refractivity contribution in [1.82, 2.24) is 0 Å². The van der Waals surface area contributed by atoms with Crippen LogP contribution in [0, 0.1) is 11.3 Å². The zero-order valence-electron chi connectivity index (χ0n) is 9.51. The number of hydrogen-bond acceptors (Lipinski definition) is 3. The number of nitrogens with zero attached hydrogens (tertiary/aromatic N) is 1. The third kappa shape index (κ3) is 11.4. The van der Waals surface area contributed by atoms with Gasteiger partial charge >= 0.3 is 0 Å². The summed E-state index contributed by atoms with van der Waals surface area (Å²) in [4.78, 5) is 0. The summed E-state index contributed by atoms with van der Waals surface area (Å²) in [6.45, 7) is 8.10. The monoisotopic (exact) mass is 199 g/mol. The maximum Gasteiger partial charge on any atom is 0.0707 e. The Labute approximate surface area is 87.0 Å². The molecule has 0 amide bonds. The van der Waals surface area contributed by atoms with Crippen molar-refractivity contribution in [3.8, 4) is 6.07 Å². The second-order valence-corrected chi connectivity index (χ2v) is 4.19. The van der Waals surface area contributed by atoms with Gasteiger partial charge in [-0.2, -0.15) is 5.26 Å². The van der Waals surface area contributed by atoms with Gasteiger partial charge in [-0.15, -0.1) is 0 Å². The maximum atomic E-state index is 8.29. The molecule has 0 spiro atoms. The van der Waals surface area contributed by atoms with Gasteiger partial charge in [0.1, 0.15) is 0 Å². The van der Waals surface area contributed by atoms with Crippen LogP contribution in [0.3, 0.4) is 0 Å². The Morgan fingerprint density at radius 2 is 1.79 bits per heavy atom. The first-order valence-electron chi connectivity index (χ1n) is 5.15. The van der Waals surface area contributed by atoms with Crippen molar-refractivity contribution in [3.63, 3.8) is 0 Å². The molecule has 82 valence electrons. The molecule has 0 bridgehead atoms. The van der Waals surface area contributed by atoms with E-state index in [9.17, 15) is 0 Å². The Hall–Kier alpha value is -0.590. The SMILES string of the molecule is CC(C)(C)OCCOCCCCC#N. The van der Waals surface area contributed by atoms with Crippen LogP contribution in [0.15, 0.2) is 0 Å². The summed E-state index contributed by atoms with van der Waals surface area (Å²) in [5.74, 6) is 0. The molecule has 0 unspecified atom stereocenters. The minimum atomic E-state index is -0.0792. The summed E-state index contributed by atoms with van der Waals surface area (Å²) in [6, 6.07) is 2.11. The highest BCUT2D eigenvalue weighted by atomic mass is 16.5. The van der Waals surface area contributed by atoms with E-state index in [0.717, 1.165) is 19.4 Å². The summed E-state index contributed by atoms with van der Waals surface area (Å²) in [6.07, 6.45) is 2.52. The molecule has 0 saturated heterocycles. The Balaban J connectivity index is 3.04.